The molecule has 1 aliphatic heterocycles. The Balaban J connectivity index is 1.71. The summed E-state index contributed by atoms with van der Waals surface area (Å²) in [6.07, 6.45) is 0. The molecule has 0 fully saturated rings. The normalized spacial score (nSPS) is 15.2. The van der Waals surface area contributed by atoms with Crippen LogP contribution in [0.2, 0.25) is 5.02 Å². The van der Waals surface area contributed by atoms with Crippen LogP contribution >= 0.6 is 11.6 Å². The second kappa shape index (κ2) is 10.5. The molecule has 1 amide bonds. The zero-order valence-corrected chi connectivity index (χ0v) is 22.2. The lowest BCUT2D eigenvalue weighted by Gasteiger charge is -2.27. The Morgan fingerprint density at radius 1 is 1.02 bits per heavy atom. The van der Waals surface area contributed by atoms with E-state index in [1.54, 1.807) is 13.0 Å². The summed E-state index contributed by atoms with van der Waals surface area (Å²) >= 11 is 6.15. The number of ether oxygens (including phenoxy) is 3. The summed E-state index contributed by atoms with van der Waals surface area (Å²) in [6, 6.07) is 10.2. The van der Waals surface area contributed by atoms with Gasteiger partial charge in [0.05, 0.1) is 38.1 Å². The molecular weight excluding hydrogens is 548 g/mol. The van der Waals surface area contributed by atoms with Gasteiger partial charge in [0.25, 0.3) is 5.91 Å². The fourth-order valence-corrected chi connectivity index (χ4v) is 4.90. The number of hydrogen-bond acceptors (Lipinski definition) is 7. The summed E-state index contributed by atoms with van der Waals surface area (Å²) < 4.78 is 51.3. The first-order valence-corrected chi connectivity index (χ1v) is 12.4. The highest BCUT2D eigenvalue weighted by atomic mass is 35.5. The van der Waals surface area contributed by atoms with Gasteiger partial charge in [0.15, 0.2) is 34.4 Å². The van der Waals surface area contributed by atoms with Crippen molar-refractivity contribution < 1.29 is 42.1 Å². The predicted molar refractivity (Wildman–Crippen MR) is 143 cm³/mol. The summed E-state index contributed by atoms with van der Waals surface area (Å²) in [5.41, 5.74) is -0.417. The number of furan rings is 1. The Kier molecular flexibility index (Phi) is 7.12. The van der Waals surface area contributed by atoms with Crippen molar-refractivity contribution in [3.05, 3.63) is 93.9 Å². The van der Waals surface area contributed by atoms with E-state index >= 15 is 4.39 Å². The van der Waals surface area contributed by atoms with E-state index in [1.807, 2.05) is 0 Å². The number of Topliss-reactive ketones (excluding diaryl/α,β-unsaturated/α-hetero) is 1. The van der Waals surface area contributed by atoms with Crippen LogP contribution in [-0.2, 0) is 4.79 Å². The monoisotopic (exact) mass is 569 g/mol. The van der Waals surface area contributed by atoms with Crippen molar-refractivity contribution >= 4 is 39.9 Å². The fraction of sp³-hybridized carbons (Fsp3) is 0.172. The molecule has 0 radical (unpaired) electrons. The van der Waals surface area contributed by atoms with Gasteiger partial charge in [0.2, 0.25) is 5.78 Å². The van der Waals surface area contributed by atoms with E-state index in [9.17, 15) is 19.1 Å². The van der Waals surface area contributed by atoms with Gasteiger partial charge in [0.1, 0.15) is 11.6 Å². The maximum atomic E-state index is 15.0. The Morgan fingerprint density at radius 2 is 1.77 bits per heavy atom. The van der Waals surface area contributed by atoms with Gasteiger partial charge in [-0.25, -0.2) is 8.78 Å². The molecule has 2 heterocycles. The average Bonchev–Trinajstić information content (AvgIpc) is 3.48. The lowest BCUT2D eigenvalue weighted by Crippen LogP contribution is -2.32. The lowest BCUT2D eigenvalue weighted by molar-refractivity contribution is -0.117. The maximum Gasteiger partial charge on any atom is 0.294 e. The summed E-state index contributed by atoms with van der Waals surface area (Å²) in [4.78, 5) is 28.1. The summed E-state index contributed by atoms with van der Waals surface area (Å²) in [7, 11) is 2.84. The quantitative estimate of drug-likeness (QED) is 0.240. The van der Waals surface area contributed by atoms with E-state index in [-0.39, 0.29) is 35.0 Å². The van der Waals surface area contributed by atoms with Gasteiger partial charge in [-0.2, -0.15) is 0 Å². The summed E-state index contributed by atoms with van der Waals surface area (Å²) in [6.45, 7) is 2.02. The van der Waals surface area contributed by atoms with Gasteiger partial charge in [-0.15, -0.1) is 0 Å². The number of ketones is 1. The second-order valence-corrected chi connectivity index (χ2v) is 9.18. The minimum absolute atomic E-state index is 0.215. The molecule has 0 saturated heterocycles. The molecule has 1 atom stereocenters. The number of amides is 1. The van der Waals surface area contributed by atoms with Crippen LogP contribution < -0.4 is 19.1 Å². The highest BCUT2D eigenvalue weighted by Gasteiger charge is 2.46. The second-order valence-electron chi connectivity index (χ2n) is 8.75. The molecule has 0 spiro atoms. The number of carbonyl (C=O) groups is 2. The molecule has 1 aliphatic rings. The van der Waals surface area contributed by atoms with Crippen molar-refractivity contribution in [1.29, 1.82) is 0 Å². The molecule has 0 aliphatic carbocycles. The van der Waals surface area contributed by atoms with Crippen molar-refractivity contribution in [1.82, 2.24) is 0 Å². The van der Waals surface area contributed by atoms with E-state index in [0.717, 1.165) is 23.1 Å². The number of hydrogen-bond donors (Lipinski definition) is 1. The van der Waals surface area contributed by atoms with Crippen molar-refractivity contribution in [2.75, 3.05) is 25.7 Å². The number of halogens is 3. The molecule has 206 valence electrons. The maximum absolute atomic E-state index is 15.0. The summed E-state index contributed by atoms with van der Waals surface area (Å²) in [5, 5.41) is 11.8. The van der Waals surface area contributed by atoms with Gasteiger partial charge < -0.3 is 23.7 Å². The molecule has 1 unspecified atom stereocenters. The summed E-state index contributed by atoms with van der Waals surface area (Å²) in [5.74, 6) is -4.03. The number of methoxy groups -OCH3 is 2. The first kappa shape index (κ1) is 27.0. The SMILES string of the molecule is CCOc1cc(C2C(C(=O)c3cc4cc(Cl)cc(OC)c4o3)=C(O)C(=O)N2c2cc(F)ccc2F)ccc1OC. The van der Waals surface area contributed by atoms with Gasteiger partial charge in [0, 0.05) is 22.5 Å². The van der Waals surface area contributed by atoms with Gasteiger partial charge in [-0.05, 0) is 48.9 Å². The topological polar surface area (TPSA) is 98.4 Å². The van der Waals surface area contributed by atoms with Gasteiger partial charge in [-0.3, -0.25) is 14.5 Å². The Morgan fingerprint density at radius 3 is 2.48 bits per heavy atom. The Labute approximate surface area is 231 Å². The number of nitrogens with zero attached hydrogens (tertiary/aromatic N) is 1. The van der Waals surface area contributed by atoms with Crippen LogP contribution in [0.3, 0.4) is 0 Å². The standard InChI is InChI=1S/C29H22ClF2NO7/c1-4-39-21-10-14(5-8-20(21)37-2)25-24(27(35)29(36)33(25)19-13-17(31)6-7-18(19)32)26(34)22-11-15-9-16(30)12-23(38-3)28(15)40-22/h5-13,25,35H,4H2,1-3H3. The fourth-order valence-electron chi connectivity index (χ4n) is 4.69. The molecule has 5 rings (SSSR count). The smallest absolute Gasteiger partial charge is 0.294 e. The third-order valence-corrected chi connectivity index (χ3v) is 6.63. The molecule has 40 heavy (non-hydrogen) atoms. The Bertz CT molecular complexity index is 1700. The highest BCUT2D eigenvalue weighted by molar-refractivity contribution is 6.31. The molecule has 1 aromatic heterocycles. The Hall–Kier alpha value is -4.57. The van der Waals surface area contributed by atoms with Crippen LogP contribution in [0.4, 0.5) is 14.5 Å². The highest BCUT2D eigenvalue weighted by Crippen LogP contribution is 2.45. The minimum atomic E-state index is -1.39. The third-order valence-electron chi connectivity index (χ3n) is 6.41. The zero-order valence-electron chi connectivity index (χ0n) is 21.5. The third kappa shape index (κ3) is 4.50. The molecule has 4 aromatic rings. The molecule has 0 saturated carbocycles. The minimum Gasteiger partial charge on any atom is -0.503 e. The van der Waals surface area contributed by atoms with E-state index in [2.05, 4.69) is 0 Å². The van der Waals surface area contributed by atoms with E-state index in [1.165, 1.54) is 44.6 Å². The number of carbonyl (C=O) groups excluding carboxylic acids is 2. The predicted octanol–water partition coefficient (Wildman–Crippen LogP) is 6.56. The van der Waals surface area contributed by atoms with Crippen molar-refractivity contribution in [2.24, 2.45) is 0 Å². The van der Waals surface area contributed by atoms with Crippen LogP contribution in [0.25, 0.3) is 11.0 Å². The molecule has 0 bridgehead atoms. The van der Waals surface area contributed by atoms with Crippen LogP contribution in [0.5, 0.6) is 17.2 Å². The first-order valence-electron chi connectivity index (χ1n) is 12.0. The van der Waals surface area contributed by atoms with E-state index in [0.29, 0.717) is 16.2 Å². The molecular formula is C29H22ClF2NO7. The van der Waals surface area contributed by atoms with Crippen LogP contribution in [-0.4, -0.2) is 37.6 Å². The lowest BCUT2D eigenvalue weighted by atomic mass is 9.94. The number of fused-ring (bicyclic) bond motifs is 1. The van der Waals surface area contributed by atoms with Crippen LogP contribution in [0.15, 0.2) is 70.3 Å². The average molecular weight is 570 g/mol. The number of aliphatic hydroxyl groups excluding tert-OH is 1. The largest absolute Gasteiger partial charge is 0.503 e. The van der Waals surface area contributed by atoms with Gasteiger partial charge in [-0.1, -0.05) is 17.7 Å². The number of anilines is 1. The zero-order chi connectivity index (χ0) is 28.7. The molecule has 8 nitrogen and oxygen atoms in total. The van der Waals surface area contributed by atoms with E-state index < -0.39 is 46.4 Å². The molecule has 3 aromatic carbocycles. The first-order chi connectivity index (χ1) is 19.2. The molecule has 11 heteroatoms. The van der Waals surface area contributed by atoms with Crippen LogP contribution in [0, 0.1) is 11.6 Å². The van der Waals surface area contributed by atoms with Crippen LogP contribution in [0.1, 0.15) is 29.1 Å². The van der Waals surface area contributed by atoms with Crippen molar-refractivity contribution in [3.63, 3.8) is 0 Å². The molecule has 1 N–H and O–H groups in total. The van der Waals surface area contributed by atoms with E-state index in [4.69, 9.17) is 30.2 Å². The number of rotatable bonds is 8. The van der Waals surface area contributed by atoms with Crippen molar-refractivity contribution in [2.45, 2.75) is 13.0 Å². The van der Waals surface area contributed by atoms with Gasteiger partial charge >= 0.3 is 0 Å². The number of aliphatic hydroxyl groups is 1. The van der Waals surface area contributed by atoms with Crippen molar-refractivity contribution in [3.8, 4) is 17.2 Å². The number of benzene rings is 3.